The van der Waals surface area contributed by atoms with Crippen LogP contribution in [0.4, 0.5) is 0 Å². The van der Waals surface area contributed by atoms with Crippen LogP contribution in [0.25, 0.3) is 243 Å². The summed E-state index contributed by atoms with van der Waals surface area (Å²) in [5.41, 5.74) is 38.6. The van der Waals surface area contributed by atoms with Crippen molar-refractivity contribution in [2.45, 2.75) is 0 Å². The Bertz CT molecular complexity index is 9440. The first-order valence-corrected chi connectivity index (χ1v) is 47.4. The molecule has 0 saturated carbocycles. The van der Waals surface area contributed by atoms with Crippen LogP contribution < -0.4 is 0 Å². The summed E-state index contributed by atoms with van der Waals surface area (Å²) in [6.45, 7) is 0. The molecule has 28 aromatic rings. The Kier molecular flexibility index (Phi) is 19.9. The first-order valence-electron chi connectivity index (χ1n) is 47.4. The third-order valence-electron chi connectivity index (χ3n) is 27.9. The predicted molar refractivity (Wildman–Crippen MR) is 583 cm³/mol. The van der Waals surface area contributed by atoms with Crippen LogP contribution in [0, 0.1) is 0 Å². The van der Waals surface area contributed by atoms with E-state index in [9.17, 15) is 0 Å². The van der Waals surface area contributed by atoms with Gasteiger partial charge in [-0.1, -0.05) is 370 Å². The van der Waals surface area contributed by atoms with Gasteiger partial charge in [0.2, 0.25) is 0 Å². The minimum atomic E-state index is 1.14. The lowest BCUT2D eigenvalue weighted by molar-refractivity contribution is 1.17. The molecule has 6 heterocycles. The molecule has 6 heteroatoms. The summed E-state index contributed by atoms with van der Waals surface area (Å²) in [7, 11) is 0. The number of nitrogens with zero attached hydrogens (tertiary/aromatic N) is 6. The maximum absolute atomic E-state index is 2.45. The minimum absolute atomic E-state index is 1.14. The van der Waals surface area contributed by atoms with Crippen molar-refractivity contribution in [2.24, 2.45) is 0 Å². The van der Waals surface area contributed by atoms with Crippen molar-refractivity contribution >= 4 is 131 Å². The first kappa shape index (κ1) is 80.5. The molecule has 0 atom stereocenters. The molecule has 6 aromatic heterocycles. The molecule has 0 aliphatic carbocycles. The lowest BCUT2D eigenvalue weighted by Crippen LogP contribution is -1.95. The second-order valence-electron chi connectivity index (χ2n) is 35.7. The molecule has 0 radical (unpaired) electrons. The van der Waals surface area contributed by atoms with E-state index < -0.39 is 0 Å². The molecule has 646 valence electrons. The Balaban J connectivity index is 0.000000107. The van der Waals surface area contributed by atoms with E-state index in [1.807, 2.05) is 0 Å². The maximum Gasteiger partial charge on any atom is 0.0548 e. The average Bonchev–Trinajstić information content (AvgIpc) is 1.56. The van der Waals surface area contributed by atoms with E-state index in [2.05, 4.69) is 561 Å². The second-order valence-corrected chi connectivity index (χ2v) is 35.7. The van der Waals surface area contributed by atoms with Gasteiger partial charge in [0.1, 0.15) is 0 Å². The van der Waals surface area contributed by atoms with Crippen molar-refractivity contribution in [1.82, 2.24) is 27.4 Å². The van der Waals surface area contributed by atoms with E-state index >= 15 is 0 Å². The van der Waals surface area contributed by atoms with E-state index in [1.165, 1.54) is 226 Å². The van der Waals surface area contributed by atoms with Crippen molar-refractivity contribution in [3.8, 4) is 112 Å². The molecule has 0 bridgehead atoms. The van der Waals surface area contributed by atoms with Crippen molar-refractivity contribution in [1.29, 1.82) is 0 Å². The van der Waals surface area contributed by atoms with Crippen molar-refractivity contribution < 1.29 is 0 Å². The van der Waals surface area contributed by atoms with Gasteiger partial charge in [0, 0.05) is 98.8 Å². The highest BCUT2D eigenvalue weighted by Crippen LogP contribution is 2.48. The maximum atomic E-state index is 2.45. The smallest absolute Gasteiger partial charge is 0.0548 e. The minimum Gasteiger partial charge on any atom is -0.309 e. The number of aromatic nitrogens is 6. The summed E-state index contributed by atoms with van der Waals surface area (Å²) < 4.78 is 14.5. The van der Waals surface area contributed by atoms with Crippen molar-refractivity contribution in [3.63, 3.8) is 0 Å². The van der Waals surface area contributed by atoms with Crippen molar-refractivity contribution in [3.05, 3.63) is 534 Å². The standard InChI is InChI=1S/C48H32N2.2C42H28N2/c1-4-15-33(16-5-1)36-29-37(34-17-6-2-7-18-34)31-38(30-36)35-19-14-22-40(32-35)50-44-26-13-11-24-42(44)48-46(50)28-27-45-47(48)41-23-10-12-25-43(41)49(45)39-20-8-3-9-21-39;1-3-12-29(13-4-1)30-22-24-31(25-23-30)32-14-11-17-34(28-32)44-38-21-10-8-19-36(38)42-40(44)27-26-39-41(42)35-18-7-9-20-37(35)43(39)33-15-5-2-6-16-33;1-3-11-29(12-4-1)30-19-21-31(22-20-30)32-23-25-34(26-24-32)44-38-18-10-8-16-36(38)42-40(44)28-27-39-41(42)35-15-7-9-17-37(35)43(39)33-13-5-2-6-14-33/h1-32H;2*1-28H. The molecule has 0 fully saturated rings. The normalized spacial score (nSPS) is 11.6. The van der Waals surface area contributed by atoms with E-state index in [0.717, 1.165) is 17.1 Å². The Labute approximate surface area is 798 Å². The summed E-state index contributed by atoms with van der Waals surface area (Å²) in [5.74, 6) is 0. The highest BCUT2D eigenvalue weighted by molar-refractivity contribution is 6.32. The van der Waals surface area contributed by atoms with E-state index in [-0.39, 0.29) is 0 Å². The summed E-state index contributed by atoms with van der Waals surface area (Å²) in [4.78, 5) is 0. The van der Waals surface area contributed by atoms with Gasteiger partial charge in [-0.2, -0.15) is 0 Å². The van der Waals surface area contributed by atoms with Crippen LogP contribution >= 0.6 is 0 Å². The van der Waals surface area contributed by atoms with E-state index in [4.69, 9.17) is 0 Å². The number of para-hydroxylation sites is 9. The zero-order valence-electron chi connectivity index (χ0n) is 75.5. The van der Waals surface area contributed by atoms with Crippen LogP contribution in [0.2, 0.25) is 0 Å². The lowest BCUT2D eigenvalue weighted by Gasteiger charge is -2.14. The van der Waals surface area contributed by atoms with Gasteiger partial charge >= 0.3 is 0 Å². The molecule has 0 N–H and O–H groups in total. The van der Waals surface area contributed by atoms with Crippen LogP contribution in [0.3, 0.4) is 0 Å². The Hall–Kier alpha value is -18.4. The van der Waals surface area contributed by atoms with Gasteiger partial charge in [0.05, 0.1) is 66.2 Å². The average molecular weight is 1760 g/mol. The summed E-state index contributed by atoms with van der Waals surface area (Å²) in [5, 5.41) is 15.4. The topological polar surface area (TPSA) is 29.6 Å². The monoisotopic (exact) mass is 1760 g/mol. The number of fused-ring (bicyclic) bond motifs is 21. The molecule has 0 saturated heterocycles. The molecular formula is C132H88N6. The zero-order valence-corrected chi connectivity index (χ0v) is 75.5. The number of hydrogen-bond donors (Lipinski definition) is 0. The fourth-order valence-electron chi connectivity index (χ4n) is 21.8. The van der Waals surface area contributed by atoms with Gasteiger partial charge in [-0.25, -0.2) is 0 Å². The van der Waals surface area contributed by atoms with Crippen LogP contribution in [-0.4, -0.2) is 27.4 Å². The van der Waals surface area contributed by atoms with Crippen LogP contribution in [0.5, 0.6) is 0 Å². The lowest BCUT2D eigenvalue weighted by atomic mass is 9.93. The molecule has 0 aliphatic rings. The van der Waals surface area contributed by atoms with E-state index in [1.54, 1.807) is 0 Å². The third kappa shape index (κ3) is 13.8. The first-order chi connectivity index (χ1) is 68.5. The second kappa shape index (κ2) is 34.0. The van der Waals surface area contributed by atoms with E-state index in [0.29, 0.717) is 0 Å². The number of benzene rings is 22. The molecule has 138 heavy (non-hydrogen) atoms. The quantitative estimate of drug-likeness (QED) is 0.110. The van der Waals surface area contributed by atoms with Gasteiger partial charge in [-0.15, -0.1) is 0 Å². The van der Waals surface area contributed by atoms with Gasteiger partial charge in [-0.3, -0.25) is 0 Å². The molecule has 28 rings (SSSR count). The molecule has 0 unspecified atom stereocenters. The fraction of sp³-hybridized carbons (Fsp3) is 0. The van der Waals surface area contributed by atoms with Crippen molar-refractivity contribution in [2.75, 3.05) is 0 Å². The summed E-state index contributed by atoms with van der Waals surface area (Å²) in [6, 6.07) is 193. The van der Waals surface area contributed by atoms with Gasteiger partial charge in [-0.05, 0) is 242 Å². The summed E-state index contributed by atoms with van der Waals surface area (Å²) >= 11 is 0. The molecular weight excluding hydrogens is 1670 g/mol. The molecule has 0 spiro atoms. The molecule has 22 aromatic carbocycles. The van der Waals surface area contributed by atoms with Gasteiger partial charge < -0.3 is 27.4 Å². The predicted octanol–water partition coefficient (Wildman–Crippen LogP) is 35.3. The van der Waals surface area contributed by atoms with Gasteiger partial charge in [0.25, 0.3) is 0 Å². The van der Waals surface area contributed by atoms with Crippen LogP contribution in [0.1, 0.15) is 0 Å². The SMILES string of the molecule is c1ccc(-c2cc(-c3ccccc3)cc(-c3cccc(-n4c5ccccc5c5c6c7ccccc7n(-c7ccccc7)c6ccc54)c3)c2)cc1.c1ccc(-c2ccc(-c3ccc(-n4c5ccccc5c5c6c7ccccc7n(-c7ccccc7)c6ccc54)cc3)cc2)cc1.c1ccc(-c2ccc(-c3cccc(-n4c5ccccc5c5c6c7ccccc7n(-c7ccccc7)c6ccc54)c3)cc2)cc1. The highest BCUT2D eigenvalue weighted by Gasteiger charge is 2.26. The highest BCUT2D eigenvalue weighted by atomic mass is 15.0. The fourth-order valence-corrected chi connectivity index (χ4v) is 21.8. The third-order valence-corrected chi connectivity index (χ3v) is 27.9. The Morgan fingerprint density at radius 3 is 0.500 bits per heavy atom. The molecule has 6 nitrogen and oxygen atoms in total. The summed E-state index contributed by atoms with van der Waals surface area (Å²) in [6.07, 6.45) is 0. The molecule has 0 amide bonds. The zero-order chi connectivity index (χ0) is 91.1. The van der Waals surface area contributed by atoms with Gasteiger partial charge in [0.15, 0.2) is 0 Å². The molecule has 0 aliphatic heterocycles. The largest absolute Gasteiger partial charge is 0.309 e. The van der Waals surface area contributed by atoms with Crippen LogP contribution in [-0.2, 0) is 0 Å². The number of hydrogen-bond acceptors (Lipinski definition) is 0. The number of rotatable bonds is 13. The Morgan fingerprint density at radius 2 is 0.246 bits per heavy atom. The van der Waals surface area contributed by atoms with Crippen LogP contribution in [0.15, 0.2) is 534 Å². The Morgan fingerprint density at radius 1 is 0.0870 bits per heavy atom.